The number of amides is 1. The zero-order valence-corrected chi connectivity index (χ0v) is 15.0. The number of methoxy groups -OCH3 is 1. The Balaban J connectivity index is 1.88. The molecule has 2 aromatic rings. The number of aromatic nitrogens is 2. The van der Waals surface area contributed by atoms with Gasteiger partial charge in [0.05, 0.1) is 36.2 Å². The summed E-state index contributed by atoms with van der Waals surface area (Å²) in [6.45, 7) is 6.07. The van der Waals surface area contributed by atoms with E-state index >= 15 is 0 Å². The average molecular weight is 341 g/mol. The fraction of sp³-hybridized carbons (Fsp3) is 0.421. The van der Waals surface area contributed by atoms with E-state index in [9.17, 15) is 4.79 Å². The molecule has 0 atom stereocenters. The minimum atomic E-state index is -0.538. The second-order valence-electron chi connectivity index (χ2n) is 6.22. The molecule has 1 aromatic heterocycles. The highest BCUT2D eigenvalue weighted by Gasteiger charge is 2.53. The van der Waals surface area contributed by atoms with E-state index in [1.54, 1.807) is 7.11 Å². The lowest BCUT2D eigenvalue weighted by atomic mass is 9.93. The highest BCUT2D eigenvalue weighted by Crippen LogP contribution is 2.52. The number of carbonyl (C=O) groups excluding carboxylic acids is 1. The predicted octanol–water partition coefficient (Wildman–Crippen LogP) is 3.17. The van der Waals surface area contributed by atoms with Crippen molar-refractivity contribution in [3.8, 4) is 11.8 Å². The van der Waals surface area contributed by atoms with Gasteiger partial charge in [0.15, 0.2) is 0 Å². The molecule has 6 nitrogen and oxygen atoms in total. The molecule has 1 heterocycles. The van der Waals surface area contributed by atoms with Crippen LogP contribution in [0.5, 0.6) is 11.8 Å². The van der Waals surface area contributed by atoms with Crippen molar-refractivity contribution in [2.45, 2.75) is 39.0 Å². The first-order valence-electron chi connectivity index (χ1n) is 8.45. The zero-order chi connectivity index (χ0) is 18.0. The van der Waals surface area contributed by atoms with E-state index in [4.69, 9.17) is 9.47 Å². The molecular weight excluding hydrogens is 318 g/mol. The Hall–Kier alpha value is -2.63. The van der Waals surface area contributed by atoms with Gasteiger partial charge in [-0.05, 0) is 39.7 Å². The van der Waals surface area contributed by atoms with Gasteiger partial charge >= 0.3 is 6.01 Å². The van der Waals surface area contributed by atoms with Crippen LogP contribution in [0, 0.1) is 13.8 Å². The van der Waals surface area contributed by atoms with E-state index in [1.807, 2.05) is 45.0 Å². The third-order valence-corrected chi connectivity index (χ3v) is 4.57. The lowest BCUT2D eigenvalue weighted by molar-refractivity contribution is -0.118. The molecule has 0 radical (unpaired) electrons. The largest absolute Gasteiger partial charge is 0.496 e. The Morgan fingerprint density at radius 2 is 1.84 bits per heavy atom. The Morgan fingerprint density at radius 1 is 1.20 bits per heavy atom. The molecule has 1 aliphatic carbocycles. The van der Waals surface area contributed by atoms with E-state index in [-0.39, 0.29) is 5.91 Å². The van der Waals surface area contributed by atoms with Crippen LogP contribution >= 0.6 is 0 Å². The summed E-state index contributed by atoms with van der Waals surface area (Å²) in [6, 6.07) is 8.02. The van der Waals surface area contributed by atoms with Gasteiger partial charge in [-0.2, -0.15) is 9.97 Å². The van der Waals surface area contributed by atoms with Crippen LogP contribution in [0.4, 0.5) is 5.69 Å². The molecule has 1 N–H and O–H groups in total. The molecule has 0 aliphatic heterocycles. The number of para-hydroxylation sites is 1. The fourth-order valence-electron chi connectivity index (χ4n) is 3.08. The van der Waals surface area contributed by atoms with Gasteiger partial charge in [0, 0.05) is 5.56 Å². The van der Waals surface area contributed by atoms with E-state index in [0.717, 1.165) is 24.2 Å². The quantitative estimate of drug-likeness (QED) is 0.873. The molecule has 1 aromatic carbocycles. The smallest absolute Gasteiger partial charge is 0.316 e. The van der Waals surface area contributed by atoms with Crippen molar-refractivity contribution in [3.63, 3.8) is 0 Å². The van der Waals surface area contributed by atoms with Gasteiger partial charge in [0.2, 0.25) is 5.91 Å². The van der Waals surface area contributed by atoms with E-state index in [0.29, 0.717) is 29.7 Å². The van der Waals surface area contributed by atoms with Crippen LogP contribution in [0.3, 0.4) is 0 Å². The molecule has 1 amide bonds. The molecular formula is C19H23N3O3. The minimum absolute atomic E-state index is 0.0454. The average Bonchev–Trinajstić information content (AvgIpc) is 3.40. The van der Waals surface area contributed by atoms with Crippen molar-refractivity contribution in [2.75, 3.05) is 19.0 Å². The highest BCUT2D eigenvalue weighted by atomic mass is 16.5. The first kappa shape index (κ1) is 17.2. The van der Waals surface area contributed by atoms with Crippen molar-refractivity contribution in [1.29, 1.82) is 0 Å². The first-order valence-corrected chi connectivity index (χ1v) is 8.45. The number of benzene rings is 1. The number of nitrogens with one attached hydrogen (secondary N) is 1. The van der Waals surface area contributed by atoms with Crippen LogP contribution in [0.15, 0.2) is 24.3 Å². The fourth-order valence-corrected chi connectivity index (χ4v) is 3.08. The maximum absolute atomic E-state index is 13.0. The van der Waals surface area contributed by atoms with E-state index in [2.05, 4.69) is 15.3 Å². The lowest BCUT2D eigenvalue weighted by Gasteiger charge is -2.20. The Morgan fingerprint density at radius 3 is 2.40 bits per heavy atom. The number of ether oxygens (including phenoxy) is 2. The van der Waals surface area contributed by atoms with Gasteiger partial charge < -0.3 is 14.8 Å². The van der Waals surface area contributed by atoms with Crippen molar-refractivity contribution >= 4 is 11.6 Å². The standard InChI is InChI=1S/C19H23N3O3/c1-5-25-18-20-12(2)16(13(3)21-18)22-17(23)19(10-11-19)14-8-6-7-9-15(14)24-4/h6-9H,5,10-11H2,1-4H3,(H,22,23). The molecule has 1 aliphatic rings. The van der Waals surface area contributed by atoms with Crippen molar-refractivity contribution in [2.24, 2.45) is 0 Å². The summed E-state index contributed by atoms with van der Waals surface area (Å²) in [5, 5.41) is 3.03. The van der Waals surface area contributed by atoms with Gasteiger partial charge in [-0.15, -0.1) is 0 Å². The van der Waals surface area contributed by atoms with Crippen molar-refractivity contribution in [3.05, 3.63) is 41.2 Å². The number of hydrogen-bond donors (Lipinski definition) is 1. The molecule has 0 bridgehead atoms. The monoisotopic (exact) mass is 341 g/mol. The summed E-state index contributed by atoms with van der Waals surface area (Å²) in [5.74, 6) is 0.697. The summed E-state index contributed by atoms with van der Waals surface area (Å²) in [4.78, 5) is 21.7. The summed E-state index contributed by atoms with van der Waals surface area (Å²) in [7, 11) is 1.63. The van der Waals surface area contributed by atoms with E-state index in [1.165, 1.54) is 0 Å². The van der Waals surface area contributed by atoms with Crippen LogP contribution in [0.2, 0.25) is 0 Å². The second-order valence-corrected chi connectivity index (χ2v) is 6.22. The van der Waals surface area contributed by atoms with E-state index < -0.39 is 5.41 Å². The number of hydrogen-bond acceptors (Lipinski definition) is 5. The molecule has 6 heteroatoms. The molecule has 0 unspecified atom stereocenters. The van der Waals surface area contributed by atoms with Crippen LogP contribution in [0.25, 0.3) is 0 Å². The molecule has 0 spiro atoms. The molecule has 0 saturated heterocycles. The molecule has 132 valence electrons. The van der Waals surface area contributed by atoms with Gasteiger partial charge in [-0.25, -0.2) is 0 Å². The van der Waals surface area contributed by atoms with Gasteiger partial charge in [0.1, 0.15) is 5.75 Å². The number of carbonyl (C=O) groups is 1. The van der Waals surface area contributed by atoms with Crippen LogP contribution in [-0.2, 0) is 10.2 Å². The maximum atomic E-state index is 13.0. The predicted molar refractivity (Wildman–Crippen MR) is 95.2 cm³/mol. The highest BCUT2D eigenvalue weighted by molar-refractivity contribution is 6.02. The van der Waals surface area contributed by atoms with Gasteiger partial charge in [0.25, 0.3) is 0 Å². The lowest BCUT2D eigenvalue weighted by Crippen LogP contribution is -2.29. The van der Waals surface area contributed by atoms with Crippen molar-refractivity contribution < 1.29 is 14.3 Å². The molecule has 1 saturated carbocycles. The number of aryl methyl sites for hydroxylation is 2. The second kappa shape index (κ2) is 6.70. The number of anilines is 1. The summed E-state index contributed by atoms with van der Waals surface area (Å²) in [6.07, 6.45) is 1.60. The summed E-state index contributed by atoms with van der Waals surface area (Å²) >= 11 is 0. The minimum Gasteiger partial charge on any atom is -0.496 e. The topological polar surface area (TPSA) is 73.3 Å². The van der Waals surface area contributed by atoms with Gasteiger partial charge in [-0.3, -0.25) is 4.79 Å². The molecule has 25 heavy (non-hydrogen) atoms. The zero-order valence-electron chi connectivity index (χ0n) is 15.0. The SMILES string of the molecule is CCOc1nc(C)c(NC(=O)C2(c3ccccc3OC)CC2)c(C)n1. The van der Waals surface area contributed by atoms with Crippen molar-refractivity contribution in [1.82, 2.24) is 9.97 Å². The Bertz CT molecular complexity index is 777. The summed E-state index contributed by atoms with van der Waals surface area (Å²) in [5.41, 5.74) is 2.43. The number of rotatable bonds is 6. The maximum Gasteiger partial charge on any atom is 0.316 e. The normalized spacial score (nSPS) is 14.7. The summed E-state index contributed by atoms with van der Waals surface area (Å²) < 4.78 is 10.8. The van der Waals surface area contributed by atoms with Crippen LogP contribution in [-0.4, -0.2) is 29.6 Å². The van der Waals surface area contributed by atoms with Crippen LogP contribution in [0.1, 0.15) is 36.7 Å². The Kier molecular flexibility index (Phi) is 4.61. The Labute approximate surface area is 147 Å². The molecule has 1 fully saturated rings. The first-order chi connectivity index (χ1) is 12.0. The third-order valence-electron chi connectivity index (χ3n) is 4.57. The third kappa shape index (κ3) is 3.16. The van der Waals surface area contributed by atoms with Crippen LogP contribution < -0.4 is 14.8 Å². The number of nitrogens with zero attached hydrogens (tertiary/aromatic N) is 2. The molecule has 3 rings (SSSR count). The van der Waals surface area contributed by atoms with Gasteiger partial charge in [-0.1, -0.05) is 18.2 Å².